The second-order valence-corrected chi connectivity index (χ2v) is 6.58. The number of ketones is 1. The van der Waals surface area contributed by atoms with Crippen molar-refractivity contribution in [3.05, 3.63) is 39.0 Å². The molecule has 1 heterocycles. The first-order valence-corrected chi connectivity index (χ1v) is 7.54. The van der Waals surface area contributed by atoms with Gasteiger partial charge in [0.1, 0.15) is 0 Å². The smallest absolute Gasteiger partial charge is 0.192 e. The summed E-state index contributed by atoms with van der Waals surface area (Å²) in [5.41, 5.74) is 3.95. The molecule has 0 N–H and O–H groups in total. The van der Waals surface area contributed by atoms with Crippen molar-refractivity contribution < 1.29 is 4.79 Å². The molecule has 0 fully saturated rings. The van der Waals surface area contributed by atoms with Gasteiger partial charge in [0.05, 0.1) is 0 Å². The summed E-state index contributed by atoms with van der Waals surface area (Å²) in [6, 6.07) is 2.09. The van der Waals surface area contributed by atoms with Gasteiger partial charge in [0.25, 0.3) is 0 Å². The van der Waals surface area contributed by atoms with Crippen LogP contribution in [0.2, 0.25) is 0 Å². The number of aryl methyl sites for hydroxylation is 1. The van der Waals surface area contributed by atoms with Gasteiger partial charge >= 0.3 is 0 Å². The van der Waals surface area contributed by atoms with Crippen molar-refractivity contribution in [2.45, 2.75) is 18.7 Å². The molecule has 1 aliphatic heterocycles. The third-order valence-corrected chi connectivity index (χ3v) is 5.06. The SMILES string of the molecule is Cc1cc(Br)c(C)c2c1SC/C(=C/N(C)C)C2=O. The zero-order valence-corrected chi connectivity index (χ0v) is 13.4. The molecule has 0 bridgehead atoms. The Morgan fingerprint density at radius 1 is 1.39 bits per heavy atom. The van der Waals surface area contributed by atoms with Gasteiger partial charge in [-0.1, -0.05) is 15.9 Å². The fourth-order valence-corrected chi connectivity index (χ4v) is 3.82. The topological polar surface area (TPSA) is 20.3 Å². The van der Waals surface area contributed by atoms with E-state index < -0.39 is 0 Å². The number of hydrogen-bond donors (Lipinski definition) is 0. The minimum Gasteiger partial charge on any atom is -0.383 e. The van der Waals surface area contributed by atoms with E-state index in [1.165, 1.54) is 5.56 Å². The molecule has 2 rings (SSSR count). The lowest BCUT2D eigenvalue weighted by atomic mass is 9.97. The summed E-state index contributed by atoms with van der Waals surface area (Å²) in [7, 11) is 3.89. The second kappa shape index (κ2) is 5.10. The number of fused-ring (bicyclic) bond motifs is 1. The standard InChI is InChI=1S/C14H16BrNOS/c1-8-5-11(15)9(2)12-13(17)10(6-16(3)4)7-18-14(8)12/h5-6H,7H2,1-4H3/b10-6-. The number of hydrogen-bond acceptors (Lipinski definition) is 3. The van der Waals surface area contributed by atoms with Crippen molar-refractivity contribution in [1.29, 1.82) is 0 Å². The van der Waals surface area contributed by atoms with Gasteiger partial charge in [-0.25, -0.2) is 0 Å². The Balaban J connectivity index is 2.59. The first-order valence-electron chi connectivity index (χ1n) is 5.76. The van der Waals surface area contributed by atoms with Crippen molar-refractivity contribution >= 4 is 33.5 Å². The molecule has 1 aliphatic rings. The van der Waals surface area contributed by atoms with Crippen LogP contribution in [0.3, 0.4) is 0 Å². The fraction of sp³-hybridized carbons (Fsp3) is 0.357. The van der Waals surface area contributed by atoms with E-state index in [4.69, 9.17) is 0 Å². The monoisotopic (exact) mass is 325 g/mol. The quantitative estimate of drug-likeness (QED) is 0.732. The second-order valence-electron chi connectivity index (χ2n) is 4.74. The zero-order valence-electron chi connectivity index (χ0n) is 11.0. The van der Waals surface area contributed by atoms with Crippen LogP contribution < -0.4 is 0 Å². The van der Waals surface area contributed by atoms with Crippen molar-refractivity contribution in [3.8, 4) is 0 Å². The van der Waals surface area contributed by atoms with E-state index in [2.05, 4.69) is 28.9 Å². The molecule has 0 atom stereocenters. The van der Waals surface area contributed by atoms with Gasteiger partial charge < -0.3 is 4.90 Å². The van der Waals surface area contributed by atoms with E-state index in [1.807, 2.05) is 32.1 Å². The molecule has 0 amide bonds. The van der Waals surface area contributed by atoms with Crippen LogP contribution in [0.15, 0.2) is 27.2 Å². The first kappa shape index (κ1) is 13.7. The maximum atomic E-state index is 12.5. The first-order chi connectivity index (χ1) is 8.41. The summed E-state index contributed by atoms with van der Waals surface area (Å²) in [4.78, 5) is 15.6. The molecule has 0 aromatic heterocycles. The van der Waals surface area contributed by atoms with Crippen LogP contribution in [-0.2, 0) is 0 Å². The highest BCUT2D eigenvalue weighted by Gasteiger charge is 2.26. The molecule has 96 valence electrons. The molecule has 4 heteroatoms. The largest absolute Gasteiger partial charge is 0.383 e. The molecular weight excluding hydrogens is 310 g/mol. The number of thioether (sulfide) groups is 1. The summed E-state index contributed by atoms with van der Waals surface area (Å²) in [5.74, 6) is 0.922. The minimum absolute atomic E-state index is 0.166. The van der Waals surface area contributed by atoms with Gasteiger partial charge in [-0.15, -0.1) is 11.8 Å². The Labute approximate surface area is 121 Å². The molecule has 18 heavy (non-hydrogen) atoms. The summed E-state index contributed by atoms with van der Waals surface area (Å²) >= 11 is 5.29. The lowest BCUT2D eigenvalue weighted by Crippen LogP contribution is -2.18. The predicted molar refractivity (Wildman–Crippen MR) is 80.4 cm³/mol. The third-order valence-electron chi connectivity index (χ3n) is 2.97. The van der Waals surface area contributed by atoms with Gasteiger partial charge in [-0.3, -0.25) is 4.79 Å². The molecule has 0 aliphatic carbocycles. The number of halogens is 1. The molecular formula is C14H16BrNOS. The maximum absolute atomic E-state index is 12.5. The van der Waals surface area contributed by atoms with Gasteiger partial charge in [-0.05, 0) is 31.0 Å². The molecule has 1 aromatic carbocycles. The number of benzene rings is 1. The molecule has 0 saturated carbocycles. The van der Waals surface area contributed by atoms with Crippen molar-refractivity contribution in [1.82, 2.24) is 4.90 Å². The lowest BCUT2D eigenvalue weighted by Gasteiger charge is -2.22. The molecule has 0 spiro atoms. The molecule has 1 aromatic rings. The van der Waals surface area contributed by atoms with Crippen molar-refractivity contribution in [2.75, 3.05) is 19.8 Å². The van der Waals surface area contributed by atoms with Gasteiger partial charge in [-0.2, -0.15) is 0 Å². The van der Waals surface area contributed by atoms with Gasteiger partial charge in [0.15, 0.2) is 5.78 Å². The third kappa shape index (κ3) is 2.36. The van der Waals surface area contributed by atoms with Crippen molar-refractivity contribution in [2.24, 2.45) is 0 Å². The van der Waals surface area contributed by atoms with Crippen LogP contribution in [0, 0.1) is 13.8 Å². The maximum Gasteiger partial charge on any atom is 0.192 e. The van der Waals surface area contributed by atoms with Crippen LogP contribution in [0.5, 0.6) is 0 Å². The predicted octanol–water partition coefficient (Wildman–Crippen LogP) is 3.80. The van der Waals surface area contributed by atoms with E-state index in [0.717, 1.165) is 31.8 Å². The average molecular weight is 326 g/mol. The normalized spacial score (nSPS) is 16.9. The Hall–Kier alpha value is -0.740. The number of Topliss-reactive ketones (excluding diaryl/α,β-unsaturated/α-hetero) is 1. The van der Waals surface area contributed by atoms with E-state index in [1.54, 1.807) is 11.8 Å². The summed E-state index contributed by atoms with van der Waals surface area (Å²) in [6.07, 6.45) is 1.92. The van der Waals surface area contributed by atoms with Crippen LogP contribution >= 0.6 is 27.7 Å². The van der Waals surface area contributed by atoms with Crippen LogP contribution in [0.4, 0.5) is 0 Å². The number of carbonyl (C=O) groups is 1. The minimum atomic E-state index is 0.166. The van der Waals surface area contributed by atoms with Crippen LogP contribution in [0.1, 0.15) is 21.5 Å². The van der Waals surface area contributed by atoms with E-state index >= 15 is 0 Å². The Morgan fingerprint density at radius 2 is 2.06 bits per heavy atom. The summed E-state index contributed by atoms with van der Waals surface area (Å²) < 4.78 is 1.01. The zero-order chi connectivity index (χ0) is 13.4. The summed E-state index contributed by atoms with van der Waals surface area (Å²) in [6.45, 7) is 4.06. The van der Waals surface area contributed by atoms with Crippen LogP contribution in [0.25, 0.3) is 0 Å². The Morgan fingerprint density at radius 3 is 2.67 bits per heavy atom. The average Bonchev–Trinajstić information content (AvgIpc) is 2.28. The van der Waals surface area contributed by atoms with Crippen LogP contribution in [-0.4, -0.2) is 30.5 Å². The van der Waals surface area contributed by atoms with E-state index in [0.29, 0.717) is 0 Å². The number of rotatable bonds is 1. The highest BCUT2D eigenvalue weighted by molar-refractivity contribution is 9.10. The Bertz CT molecular complexity index is 549. The van der Waals surface area contributed by atoms with E-state index in [9.17, 15) is 4.79 Å². The van der Waals surface area contributed by atoms with Crippen molar-refractivity contribution in [3.63, 3.8) is 0 Å². The number of nitrogens with zero attached hydrogens (tertiary/aromatic N) is 1. The Kier molecular flexibility index (Phi) is 3.87. The lowest BCUT2D eigenvalue weighted by molar-refractivity contribution is 0.102. The highest BCUT2D eigenvalue weighted by Crippen LogP contribution is 2.39. The summed E-state index contributed by atoms with van der Waals surface area (Å²) in [5, 5.41) is 0. The van der Waals surface area contributed by atoms with E-state index in [-0.39, 0.29) is 5.78 Å². The molecule has 0 saturated heterocycles. The van der Waals surface area contributed by atoms with Gasteiger partial charge in [0, 0.05) is 46.6 Å². The molecule has 0 radical (unpaired) electrons. The highest BCUT2D eigenvalue weighted by atomic mass is 79.9. The fourth-order valence-electron chi connectivity index (χ4n) is 2.09. The molecule has 0 unspecified atom stereocenters. The molecule has 2 nitrogen and oxygen atoms in total. The number of carbonyl (C=O) groups excluding carboxylic acids is 1. The van der Waals surface area contributed by atoms with Gasteiger partial charge in [0.2, 0.25) is 0 Å².